The number of nitrogens with two attached hydrogens (primary N) is 1. The minimum Gasteiger partial charge on any atom is -0.489 e. The number of hydrogen-bond acceptors (Lipinski definition) is 11. The summed E-state index contributed by atoms with van der Waals surface area (Å²) in [4.78, 5) is 3.53. The second-order valence-electron chi connectivity index (χ2n) is 25.3. The van der Waals surface area contributed by atoms with Gasteiger partial charge in [-0.05, 0) is 140 Å². The molecular weight excluding hydrogens is 1070 g/mol. The molecule has 12 nitrogen and oxygen atoms in total. The molecule has 0 fully saturated rings. The summed E-state index contributed by atoms with van der Waals surface area (Å²) in [6.07, 6.45) is 14.4. The summed E-state index contributed by atoms with van der Waals surface area (Å²) in [5, 5.41) is 23.7. The number of allylic oxidation sites excluding steroid dienone is 6. The van der Waals surface area contributed by atoms with E-state index in [1.165, 1.54) is 16.7 Å². The van der Waals surface area contributed by atoms with Crippen LogP contribution in [0, 0.1) is 33.5 Å². The second kappa shape index (κ2) is 25.9. The molecule has 0 spiro atoms. The zero-order chi connectivity index (χ0) is 60.6. The van der Waals surface area contributed by atoms with Crippen molar-refractivity contribution in [2.75, 3.05) is 0 Å². The van der Waals surface area contributed by atoms with E-state index in [1.807, 2.05) is 121 Å². The van der Waals surface area contributed by atoms with Crippen LogP contribution in [-0.2, 0) is 52.7 Å². The van der Waals surface area contributed by atoms with Crippen molar-refractivity contribution in [3.8, 4) is 34.5 Å². The van der Waals surface area contributed by atoms with Gasteiger partial charge < -0.3 is 44.0 Å². The number of aromatic amines is 1. The summed E-state index contributed by atoms with van der Waals surface area (Å²) in [7, 11) is 0. The zero-order valence-electron chi connectivity index (χ0n) is 50.9. The van der Waals surface area contributed by atoms with Gasteiger partial charge in [0.1, 0.15) is 50.3 Å². The lowest BCUT2D eigenvalue weighted by molar-refractivity contribution is 0.271. The normalized spacial score (nSPS) is 15.4. The Hall–Kier alpha value is -9.29. The molecule has 0 bridgehead atoms. The molecule has 442 valence electrons. The topological polar surface area (TPSA) is 166 Å². The summed E-state index contributed by atoms with van der Waals surface area (Å²) in [6, 6.07) is 49.5. The van der Waals surface area contributed by atoms with Crippen LogP contribution in [0.5, 0.6) is 34.5 Å². The fraction of sp³-hybridized carbons (Fsp3) is 0.284. The van der Waals surface area contributed by atoms with Crippen molar-refractivity contribution in [2.24, 2.45) is 33.6 Å². The molecular formula is C74H79N5O7. The monoisotopic (exact) mass is 1150 g/mol. The Bertz CT molecular complexity index is 3870. The molecule has 2 aliphatic rings. The van der Waals surface area contributed by atoms with Crippen LogP contribution >= 0.6 is 0 Å². The third kappa shape index (κ3) is 15.1. The van der Waals surface area contributed by atoms with Gasteiger partial charge in [-0.3, -0.25) is 10.8 Å². The minimum atomic E-state index is -0.110. The van der Waals surface area contributed by atoms with E-state index in [0.29, 0.717) is 40.4 Å². The minimum absolute atomic E-state index is 0.0153. The number of aromatic nitrogens is 1. The van der Waals surface area contributed by atoms with Crippen LogP contribution in [0.4, 0.5) is 0 Å². The first-order valence-electron chi connectivity index (χ1n) is 29.5. The van der Waals surface area contributed by atoms with Crippen LogP contribution in [0.1, 0.15) is 114 Å². The van der Waals surface area contributed by atoms with Crippen LogP contribution in [0.3, 0.4) is 0 Å². The van der Waals surface area contributed by atoms with Gasteiger partial charge in [0.2, 0.25) is 17.5 Å². The van der Waals surface area contributed by atoms with Crippen LogP contribution in [0.2, 0.25) is 0 Å². The quantitative estimate of drug-likeness (QED) is 0.0269. The Morgan fingerprint density at radius 2 is 1.02 bits per heavy atom. The smallest absolute Gasteiger partial charge is 0.213 e. The standard InChI is InChI=1S/C74H79N5O7/c1-72(2,3)56-28-22-53(23-29-56)69(75)82-44-49-16-14-48(15-17-49)43-81-66-40-52(47-80-61-38-39-63-62-12-10-11-13-64(62)78-65(63)42-61)41-67(85-59-34-18-50(19-35-59)45-83-70(76)54-24-30-57(31-25-54)73(4,5)6)68(66)86-60-36-20-51(21-37-60)46-84-71(79-77)55-26-32-58(33-27-55)74(7,8)9/h10-24,26,28-42,54-55,75-76,78H,25,27,43-47,77H2,1-9H3/b75-69?,76-70?,79-71-. The van der Waals surface area contributed by atoms with Crippen LogP contribution in [0.15, 0.2) is 204 Å². The van der Waals surface area contributed by atoms with E-state index < -0.39 is 0 Å². The van der Waals surface area contributed by atoms with Gasteiger partial charge >= 0.3 is 0 Å². The van der Waals surface area contributed by atoms with Crippen molar-refractivity contribution in [3.05, 3.63) is 238 Å². The highest BCUT2D eigenvalue weighted by molar-refractivity contribution is 6.07. The first-order chi connectivity index (χ1) is 41.2. The third-order valence-corrected chi connectivity index (χ3v) is 15.6. The molecule has 0 amide bonds. The van der Waals surface area contributed by atoms with Crippen molar-refractivity contribution in [1.29, 1.82) is 10.8 Å². The van der Waals surface area contributed by atoms with Crippen LogP contribution < -0.4 is 24.8 Å². The molecule has 0 aliphatic heterocycles. The molecule has 0 saturated carbocycles. The molecule has 2 aliphatic carbocycles. The molecule has 7 aromatic carbocycles. The highest BCUT2D eigenvalue weighted by Gasteiger charge is 2.25. The van der Waals surface area contributed by atoms with E-state index in [2.05, 4.69) is 139 Å². The Morgan fingerprint density at radius 1 is 0.500 bits per heavy atom. The van der Waals surface area contributed by atoms with Crippen molar-refractivity contribution < 1.29 is 33.2 Å². The lowest BCUT2D eigenvalue weighted by Gasteiger charge is -2.25. The summed E-state index contributed by atoms with van der Waals surface area (Å²) >= 11 is 0. The average Bonchev–Trinajstić information content (AvgIpc) is 2.97. The Kier molecular flexibility index (Phi) is 18.0. The first-order valence-corrected chi connectivity index (χ1v) is 29.5. The summed E-state index contributed by atoms with van der Waals surface area (Å²) in [6.45, 7) is 20.8. The number of para-hydroxylation sites is 1. The van der Waals surface area contributed by atoms with Gasteiger partial charge in [0.25, 0.3) is 0 Å². The fourth-order valence-electron chi connectivity index (χ4n) is 10.3. The maximum atomic E-state index is 8.74. The molecule has 2 atom stereocenters. The molecule has 0 radical (unpaired) electrons. The predicted octanol–water partition coefficient (Wildman–Crippen LogP) is 18.3. The van der Waals surface area contributed by atoms with E-state index in [0.717, 1.165) is 68.0 Å². The Labute approximate surface area is 506 Å². The molecule has 86 heavy (non-hydrogen) atoms. The van der Waals surface area contributed by atoms with Gasteiger partial charge in [0, 0.05) is 27.9 Å². The molecule has 0 saturated heterocycles. The highest BCUT2D eigenvalue weighted by atomic mass is 16.5. The van der Waals surface area contributed by atoms with Crippen molar-refractivity contribution >= 4 is 39.5 Å². The molecule has 10 rings (SSSR count). The van der Waals surface area contributed by atoms with Crippen molar-refractivity contribution in [2.45, 2.75) is 114 Å². The molecule has 1 aromatic heterocycles. The Balaban J connectivity index is 0.904. The van der Waals surface area contributed by atoms with Gasteiger partial charge in [-0.2, -0.15) is 0 Å². The molecule has 12 heteroatoms. The van der Waals surface area contributed by atoms with Crippen LogP contribution in [-0.4, -0.2) is 22.7 Å². The van der Waals surface area contributed by atoms with Gasteiger partial charge in [0.05, 0.1) is 17.4 Å². The van der Waals surface area contributed by atoms with E-state index in [9.17, 15) is 0 Å². The lowest BCUT2D eigenvalue weighted by atomic mass is 9.81. The van der Waals surface area contributed by atoms with Crippen molar-refractivity contribution in [1.82, 2.24) is 4.98 Å². The summed E-state index contributed by atoms with van der Waals surface area (Å²) < 4.78 is 45.2. The van der Waals surface area contributed by atoms with Gasteiger partial charge in [-0.1, -0.05) is 178 Å². The number of H-pyrrole nitrogens is 1. The highest BCUT2D eigenvalue weighted by Crippen LogP contribution is 2.45. The maximum Gasteiger partial charge on any atom is 0.213 e. The number of hydrazone groups is 1. The van der Waals surface area contributed by atoms with E-state index in [4.69, 9.17) is 49.8 Å². The largest absolute Gasteiger partial charge is 0.489 e. The summed E-state index contributed by atoms with van der Waals surface area (Å²) in [5.41, 5.74) is 11.0. The van der Waals surface area contributed by atoms with E-state index >= 15 is 0 Å². The van der Waals surface area contributed by atoms with E-state index in [-0.39, 0.29) is 72.9 Å². The number of rotatable bonds is 19. The predicted molar refractivity (Wildman–Crippen MR) is 346 cm³/mol. The average molecular weight is 1150 g/mol. The third-order valence-electron chi connectivity index (χ3n) is 15.6. The van der Waals surface area contributed by atoms with Crippen molar-refractivity contribution in [3.63, 3.8) is 0 Å². The van der Waals surface area contributed by atoms with E-state index in [1.54, 1.807) is 0 Å². The van der Waals surface area contributed by atoms with Gasteiger partial charge in [0.15, 0.2) is 17.4 Å². The molecule has 8 aromatic rings. The number of fused-ring (bicyclic) bond motifs is 3. The first kappa shape index (κ1) is 59.9. The second-order valence-corrected chi connectivity index (χ2v) is 25.3. The fourth-order valence-corrected chi connectivity index (χ4v) is 10.3. The number of nitrogens with one attached hydrogen (secondary N) is 3. The Morgan fingerprint density at radius 3 is 1.62 bits per heavy atom. The van der Waals surface area contributed by atoms with Gasteiger partial charge in [-0.25, -0.2) is 0 Å². The number of hydrogen-bond donors (Lipinski definition) is 4. The lowest BCUT2D eigenvalue weighted by Crippen LogP contribution is -2.21. The SMILES string of the molecule is CC(C)(C)C1=CCC(C(=N)OCc2ccc(Oc3cc(COc4ccc5c(c4)[nH]c4ccccc45)cc(OCc4ccc(COC(=N)c5ccc(C(C)(C)C)cc5)cc4)c3Oc3ccc(CO/C(=N\N)C4C=CC(C(C)(C)C)=CC4)cc3)cc2)C=C1. The summed E-state index contributed by atoms with van der Waals surface area (Å²) in [5.74, 6) is 9.51. The number of nitrogens with zero attached hydrogens (tertiary/aromatic N) is 1. The van der Waals surface area contributed by atoms with Crippen LogP contribution in [0.25, 0.3) is 21.8 Å². The number of benzene rings is 7. The molecule has 1 heterocycles. The maximum absolute atomic E-state index is 8.74. The molecule has 2 unspecified atom stereocenters. The molecule has 5 N–H and O–H groups in total. The van der Waals surface area contributed by atoms with Gasteiger partial charge in [-0.15, -0.1) is 5.10 Å². The number of ether oxygens (including phenoxy) is 7. The zero-order valence-corrected chi connectivity index (χ0v) is 50.9.